The average Bonchev–Trinajstić information content (AvgIpc) is 2.61. The number of azide groups is 1. The predicted octanol–water partition coefficient (Wildman–Crippen LogP) is 2.87. The van der Waals surface area contributed by atoms with Crippen LogP contribution in [0.25, 0.3) is 21.3 Å². The van der Waals surface area contributed by atoms with Gasteiger partial charge in [-0.1, -0.05) is 12.0 Å². The van der Waals surface area contributed by atoms with Crippen molar-refractivity contribution < 1.29 is 4.39 Å². The van der Waals surface area contributed by atoms with Gasteiger partial charge in [-0.3, -0.25) is 4.68 Å². The summed E-state index contributed by atoms with van der Waals surface area (Å²) in [6, 6.07) is 4.30. The molecule has 16 heavy (non-hydrogen) atoms. The van der Waals surface area contributed by atoms with Crippen LogP contribution in [0, 0.1) is 5.82 Å². The number of hydrogen-bond donors (Lipinski definition) is 0. The summed E-state index contributed by atoms with van der Waals surface area (Å²) in [5, 5.41) is 8.44. The van der Waals surface area contributed by atoms with E-state index in [1.807, 2.05) is 0 Å². The Bertz CT molecular complexity index is 555. The Morgan fingerprint density at radius 3 is 3.19 bits per heavy atom. The highest BCUT2D eigenvalue weighted by molar-refractivity contribution is 5.78. The van der Waals surface area contributed by atoms with Crippen LogP contribution in [-0.4, -0.2) is 15.8 Å². The molecule has 0 aliphatic carbocycles. The lowest BCUT2D eigenvalue weighted by Gasteiger charge is -2.05. The van der Waals surface area contributed by atoms with Crippen molar-refractivity contribution in [3.05, 3.63) is 40.7 Å². The molecule has 2 rings (SSSR count). The van der Waals surface area contributed by atoms with Gasteiger partial charge in [-0.15, -0.1) is 0 Å². The quantitative estimate of drug-likeness (QED) is 0.444. The Balaban J connectivity index is 2.35. The standard InChI is InChI=1S/C10H10FN5/c1-7(14-15-12)6-16-10-3-2-9(11)4-8(10)5-13-16/h2-5,7H,6H2,1H3. The van der Waals surface area contributed by atoms with Gasteiger partial charge in [-0.2, -0.15) is 5.10 Å². The monoisotopic (exact) mass is 219 g/mol. The van der Waals surface area contributed by atoms with Gasteiger partial charge in [-0.25, -0.2) is 4.39 Å². The largest absolute Gasteiger partial charge is 0.264 e. The van der Waals surface area contributed by atoms with Crippen molar-refractivity contribution >= 4 is 10.9 Å². The molecule has 2 aromatic rings. The first-order valence-corrected chi connectivity index (χ1v) is 4.86. The van der Waals surface area contributed by atoms with Crippen molar-refractivity contribution in [2.45, 2.75) is 19.5 Å². The lowest BCUT2D eigenvalue weighted by molar-refractivity contribution is 0.551. The fourth-order valence-corrected chi connectivity index (χ4v) is 1.58. The Hall–Kier alpha value is -2.07. The van der Waals surface area contributed by atoms with Crippen molar-refractivity contribution in [1.29, 1.82) is 0 Å². The third kappa shape index (κ3) is 1.97. The molecule has 6 heteroatoms. The molecule has 1 atom stereocenters. The normalized spacial score (nSPS) is 12.4. The Kier molecular flexibility index (Phi) is 2.74. The molecule has 0 fully saturated rings. The molecule has 0 saturated heterocycles. The molecule has 0 radical (unpaired) electrons. The summed E-state index contributed by atoms with van der Waals surface area (Å²) >= 11 is 0. The van der Waals surface area contributed by atoms with E-state index in [4.69, 9.17) is 5.53 Å². The van der Waals surface area contributed by atoms with E-state index in [1.165, 1.54) is 12.1 Å². The van der Waals surface area contributed by atoms with E-state index in [1.54, 1.807) is 23.9 Å². The van der Waals surface area contributed by atoms with Crippen molar-refractivity contribution in [3.8, 4) is 0 Å². The van der Waals surface area contributed by atoms with Crippen LogP contribution in [-0.2, 0) is 6.54 Å². The molecule has 0 aliphatic heterocycles. The number of halogens is 1. The molecule has 0 bridgehead atoms. The predicted molar refractivity (Wildman–Crippen MR) is 58.3 cm³/mol. The molecule has 0 amide bonds. The van der Waals surface area contributed by atoms with Crippen molar-refractivity contribution in [1.82, 2.24) is 9.78 Å². The first-order chi connectivity index (χ1) is 7.70. The summed E-state index contributed by atoms with van der Waals surface area (Å²) in [6.45, 7) is 2.29. The fraction of sp³-hybridized carbons (Fsp3) is 0.300. The average molecular weight is 219 g/mol. The Morgan fingerprint density at radius 1 is 1.62 bits per heavy atom. The lowest BCUT2D eigenvalue weighted by Crippen LogP contribution is -2.10. The highest BCUT2D eigenvalue weighted by Gasteiger charge is 2.06. The van der Waals surface area contributed by atoms with Gasteiger partial charge in [0, 0.05) is 16.8 Å². The number of hydrogen-bond acceptors (Lipinski definition) is 2. The highest BCUT2D eigenvalue weighted by atomic mass is 19.1. The van der Waals surface area contributed by atoms with E-state index < -0.39 is 0 Å². The first-order valence-electron chi connectivity index (χ1n) is 4.86. The van der Waals surface area contributed by atoms with Crippen LogP contribution in [0.3, 0.4) is 0 Å². The summed E-state index contributed by atoms with van der Waals surface area (Å²) in [5.41, 5.74) is 9.13. The topological polar surface area (TPSA) is 66.6 Å². The highest BCUT2D eigenvalue weighted by Crippen LogP contribution is 2.15. The van der Waals surface area contributed by atoms with Gasteiger partial charge in [0.1, 0.15) is 5.82 Å². The van der Waals surface area contributed by atoms with Crippen molar-refractivity contribution in [3.63, 3.8) is 0 Å². The summed E-state index contributed by atoms with van der Waals surface area (Å²) in [4.78, 5) is 2.73. The number of fused-ring (bicyclic) bond motifs is 1. The first kappa shape index (κ1) is 10.4. The zero-order chi connectivity index (χ0) is 11.5. The number of benzene rings is 1. The van der Waals surface area contributed by atoms with Crippen LogP contribution in [0.15, 0.2) is 29.5 Å². The molecule has 0 spiro atoms. The molecule has 82 valence electrons. The molecule has 0 N–H and O–H groups in total. The third-order valence-electron chi connectivity index (χ3n) is 2.29. The second-order valence-electron chi connectivity index (χ2n) is 3.58. The van der Waals surface area contributed by atoms with E-state index in [9.17, 15) is 4.39 Å². The number of nitrogens with zero attached hydrogens (tertiary/aromatic N) is 5. The Labute approximate surface area is 91.1 Å². The van der Waals surface area contributed by atoms with Crippen molar-refractivity contribution in [2.75, 3.05) is 0 Å². The molecular formula is C10H10FN5. The third-order valence-corrected chi connectivity index (χ3v) is 2.29. The van der Waals surface area contributed by atoms with Crippen LogP contribution in [0.1, 0.15) is 6.92 Å². The van der Waals surface area contributed by atoms with Gasteiger partial charge in [0.15, 0.2) is 0 Å². The molecule has 1 heterocycles. The minimum atomic E-state index is -0.282. The van der Waals surface area contributed by atoms with E-state index in [0.717, 1.165) is 10.9 Å². The van der Waals surface area contributed by atoms with Crippen LogP contribution in [0.4, 0.5) is 4.39 Å². The van der Waals surface area contributed by atoms with E-state index in [-0.39, 0.29) is 11.9 Å². The van der Waals surface area contributed by atoms with Gasteiger partial charge in [-0.05, 0) is 23.7 Å². The van der Waals surface area contributed by atoms with Crippen LogP contribution in [0.5, 0.6) is 0 Å². The fourth-order valence-electron chi connectivity index (χ4n) is 1.58. The van der Waals surface area contributed by atoms with E-state index in [2.05, 4.69) is 15.1 Å². The minimum absolute atomic E-state index is 0.182. The number of aromatic nitrogens is 2. The molecule has 1 unspecified atom stereocenters. The molecule has 1 aromatic carbocycles. The zero-order valence-corrected chi connectivity index (χ0v) is 8.71. The van der Waals surface area contributed by atoms with Gasteiger partial charge in [0.25, 0.3) is 0 Å². The van der Waals surface area contributed by atoms with Gasteiger partial charge >= 0.3 is 0 Å². The molecule has 5 nitrogen and oxygen atoms in total. The maximum Gasteiger partial charge on any atom is 0.124 e. The summed E-state index contributed by atoms with van der Waals surface area (Å²) < 4.78 is 14.6. The maximum absolute atomic E-state index is 12.9. The Morgan fingerprint density at radius 2 is 2.44 bits per heavy atom. The lowest BCUT2D eigenvalue weighted by atomic mass is 10.2. The smallest absolute Gasteiger partial charge is 0.124 e. The zero-order valence-electron chi connectivity index (χ0n) is 8.71. The van der Waals surface area contributed by atoms with Gasteiger partial charge in [0.05, 0.1) is 17.8 Å². The summed E-state index contributed by atoms with van der Waals surface area (Å²) in [5.74, 6) is -0.282. The number of rotatable bonds is 3. The second kappa shape index (κ2) is 4.20. The molecular weight excluding hydrogens is 209 g/mol. The SMILES string of the molecule is CC(Cn1ncc2cc(F)ccc21)N=[N+]=[N-]. The van der Waals surface area contributed by atoms with Gasteiger partial charge < -0.3 is 0 Å². The van der Waals surface area contributed by atoms with Crippen LogP contribution < -0.4 is 0 Å². The molecule has 1 aromatic heterocycles. The van der Waals surface area contributed by atoms with Crippen molar-refractivity contribution in [2.24, 2.45) is 5.11 Å². The van der Waals surface area contributed by atoms with E-state index >= 15 is 0 Å². The molecule has 0 aliphatic rings. The second-order valence-corrected chi connectivity index (χ2v) is 3.58. The summed E-state index contributed by atoms with van der Waals surface area (Å²) in [6.07, 6.45) is 1.60. The minimum Gasteiger partial charge on any atom is -0.264 e. The van der Waals surface area contributed by atoms with Gasteiger partial charge in [0.2, 0.25) is 0 Å². The van der Waals surface area contributed by atoms with Crippen LogP contribution >= 0.6 is 0 Å². The maximum atomic E-state index is 12.9. The summed E-state index contributed by atoms with van der Waals surface area (Å²) in [7, 11) is 0. The molecule has 0 saturated carbocycles. The van der Waals surface area contributed by atoms with Crippen LogP contribution in [0.2, 0.25) is 0 Å². The van der Waals surface area contributed by atoms with E-state index in [0.29, 0.717) is 6.54 Å².